The van der Waals surface area contributed by atoms with Gasteiger partial charge in [-0.05, 0) is 304 Å². The summed E-state index contributed by atoms with van der Waals surface area (Å²) in [5.41, 5.74) is 23.2. The van der Waals surface area contributed by atoms with Gasteiger partial charge >= 0.3 is 6.15 Å². The number of sulfone groups is 1. The average molecular weight is 1870 g/mol. The van der Waals surface area contributed by atoms with Crippen LogP contribution in [0.5, 0.6) is 0 Å². The fourth-order valence-electron chi connectivity index (χ4n) is 20.8. The third-order valence-corrected chi connectivity index (χ3v) is 30.6. The van der Waals surface area contributed by atoms with Crippen LogP contribution in [0.3, 0.4) is 0 Å². The van der Waals surface area contributed by atoms with Crippen LogP contribution in [0.1, 0.15) is 366 Å². The van der Waals surface area contributed by atoms with Gasteiger partial charge in [-0.1, -0.05) is 173 Å². The largest absolute Gasteiger partial charge is 0.395 e. The quantitative estimate of drug-likeness (QED) is 0.0186. The molecule has 8 aliphatic carbocycles. The highest BCUT2D eigenvalue weighted by Crippen LogP contribution is 2.48. The van der Waals surface area contributed by atoms with Gasteiger partial charge in [0.25, 0.3) is 23.5 Å². The molecule has 4 fully saturated rings. The third-order valence-electron chi connectivity index (χ3n) is 29.6. The zero-order valence-electron chi connectivity index (χ0n) is 82.2. The lowest BCUT2D eigenvalue weighted by atomic mass is 9.75. The van der Waals surface area contributed by atoms with Crippen molar-refractivity contribution in [3.05, 3.63) is 235 Å². The number of carbonyl (C=O) groups is 5. The van der Waals surface area contributed by atoms with Crippen LogP contribution in [0.15, 0.2) is 143 Å². The number of aromatic amines is 2. The van der Waals surface area contributed by atoms with Gasteiger partial charge in [-0.3, -0.25) is 28.9 Å². The van der Waals surface area contributed by atoms with E-state index >= 15 is 0 Å². The molecule has 6 aromatic rings. The Kier molecular flexibility index (Phi) is 36.7. The van der Waals surface area contributed by atoms with Crippen LogP contribution in [0.25, 0.3) is 32.0 Å². The number of aromatic nitrogens is 4. The Bertz CT molecular complexity index is 5780. The van der Waals surface area contributed by atoms with Gasteiger partial charge in [-0.25, -0.2) is 18.4 Å². The maximum Gasteiger partial charge on any atom is 0.373 e. The predicted molar refractivity (Wildman–Crippen MR) is 542 cm³/mol. The normalized spacial score (nSPS) is 21.3. The molecule has 0 spiro atoms. The Morgan fingerprint density at radius 2 is 0.853 bits per heavy atom. The summed E-state index contributed by atoms with van der Waals surface area (Å²) in [6.45, 7) is 38.6. The number of anilines is 2. The number of aryl methyl sites for hydroxylation is 2. The van der Waals surface area contributed by atoms with Crippen LogP contribution in [0, 0.1) is 48.7 Å². The van der Waals surface area contributed by atoms with E-state index in [1.807, 2.05) is 26.0 Å². The van der Waals surface area contributed by atoms with Crippen molar-refractivity contribution in [2.24, 2.45) is 31.6 Å². The summed E-state index contributed by atoms with van der Waals surface area (Å²) in [7, 11) is -2.95. The zero-order chi connectivity index (χ0) is 97.5. The lowest BCUT2D eigenvalue weighted by molar-refractivity contribution is -0.191. The fraction of sp³-hybridized carbons (Fsp3) is 0.536. The molecule has 0 saturated heterocycles. The molecule has 10 aliphatic rings. The van der Waals surface area contributed by atoms with Crippen LogP contribution < -0.4 is 16.0 Å². The third kappa shape index (κ3) is 29.9. The molecule has 2 amide bonds. The first-order chi connectivity index (χ1) is 65.0. The number of hydrogen-bond donors (Lipinski definition) is 7. The number of H-pyrrole nitrogens is 2. The van der Waals surface area contributed by atoms with Gasteiger partial charge in [-0.2, -0.15) is 9.59 Å². The molecule has 4 aromatic carbocycles. The van der Waals surface area contributed by atoms with Gasteiger partial charge in [-0.15, -0.1) is 9.98 Å². The molecule has 0 unspecified atom stereocenters. The molecule has 2 aliphatic heterocycles. The van der Waals surface area contributed by atoms with Crippen molar-refractivity contribution in [2.45, 2.75) is 317 Å². The van der Waals surface area contributed by atoms with Crippen LogP contribution in [-0.2, 0) is 46.7 Å². The van der Waals surface area contributed by atoms with Gasteiger partial charge in [0.05, 0.1) is 19.0 Å². The SMILES string of the molecule is Cc1cnc(C(=O)Cc2ccc(C3CCC(=O)CC3)cc2C2=CCC(C)(C)CC2)[nH]1.Cc1cnc(C(=O)Cc2ccc(C3CCCCC3)cc2C2=CCC(C)(C)CC2)[nH]1.O=C=O.[C-]#[N+]C1=CCC(C(=O)Nc2ccc(C3CCC(N(CCO)CCO)CC3)cc2C2=CCC(C)(C)CC2)=N1.[C-]#[N+]C1=CCC(C(=O)Nc2ccc(C3CCC(NCCS(C)(=O)=O)CC3)cc2C2=CCC(C)(C)CC2)=N1. The predicted octanol–water partition coefficient (Wildman–Crippen LogP) is 22.8. The lowest BCUT2D eigenvalue weighted by Gasteiger charge is -2.37. The first-order valence-electron chi connectivity index (χ1n) is 49.7. The number of allylic oxidation sites excluding steroid dienone is 10. The van der Waals surface area contributed by atoms with Gasteiger partial charge in [0.1, 0.15) is 15.6 Å². The number of aliphatic hydroxyl groups is 2. The Hall–Kier alpha value is -10.8. The molecule has 4 saturated carbocycles. The molecule has 724 valence electrons. The minimum atomic E-state index is -2.95. The van der Waals surface area contributed by atoms with Crippen molar-refractivity contribution in [1.29, 1.82) is 0 Å². The van der Waals surface area contributed by atoms with E-state index in [-0.39, 0.29) is 65.6 Å². The van der Waals surface area contributed by atoms with E-state index in [9.17, 15) is 42.6 Å². The Morgan fingerprint density at radius 1 is 0.493 bits per heavy atom. The summed E-state index contributed by atoms with van der Waals surface area (Å²) in [4.78, 5) is 111. The number of hydrogen-bond acceptors (Lipinski definition) is 17. The van der Waals surface area contributed by atoms with Crippen LogP contribution >= 0.6 is 0 Å². The van der Waals surface area contributed by atoms with Gasteiger partial charge < -0.3 is 45.8 Å². The molecule has 24 heteroatoms. The summed E-state index contributed by atoms with van der Waals surface area (Å²) in [6, 6.07) is 27.2. The zero-order valence-corrected chi connectivity index (χ0v) is 83.0. The number of benzene rings is 4. The molecular weight excluding hydrogens is 1720 g/mol. The minimum absolute atomic E-state index is 0.0251. The van der Waals surface area contributed by atoms with Crippen molar-refractivity contribution in [2.75, 3.05) is 55.5 Å². The highest BCUT2D eigenvalue weighted by atomic mass is 32.2. The number of Topliss-reactive ketones (excluding diaryl/α,β-unsaturated/α-hetero) is 3. The number of amides is 2. The van der Waals surface area contributed by atoms with Gasteiger partial charge in [0.15, 0.2) is 23.1 Å². The number of carbonyl (C=O) groups excluding carboxylic acids is 7. The second kappa shape index (κ2) is 48.0. The highest BCUT2D eigenvalue weighted by molar-refractivity contribution is 7.90. The number of nitrogens with zero attached hydrogens (tertiary/aromatic N) is 7. The van der Waals surface area contributed by atoms with Crippen molar-refractivity contribution in [3.8, 4) is 0 Å². The summed E-state index contributed by atoms with van der Waals surface area (Å²) in [5.74, 6) is 3.67. The molecular formula is C112H144N12O11S. The summed E-state index contributed by atoms with van der Waals surface area (Å²) in [6.07, 6.45) is 50.5. The topological polar surface area (TPSA) is 324 Å². The number of nitrogens with one attached hydrogen (secondary N) is 5. The molecule has 136 heavy (non-hydrogen) atoms. The molecule has 16 rings (SSSR count). The second-order valence-corrected chi connectivity index (χ2v) is 44.8. The molecule has 4 heterocycles. The van der Waals surface area contributed by atoms with Gasteiger partial charge in [0, 0.05) is 123 Å². The maximum absolute atomic E-state index is 13.0. The van der Waals surface area contributed by atoms with E-state index in [0.29, 0.717) is 139 Å². The smallest absolute Gasteiger partial charge is 0.373 e. The molecule has 0 atom stereocenters. The minimum Gasteiger partial charge on any atom is -0.395 e. The lowest BCUT2D eigenvalue weighted by Crippen LogP contribution is -2.41. The molecule has 7 N–H and O–H groups in total. The van der Waals surface area contributed by atoms with Crippen molar-refractivity contribution >= 4 is 90.2 Å². The number of ketones is 3. The van der Waals surface area contributed by atoms with Crippen molar-refractivity contribution in [3.63, 3.8) is 0 Å². The first kappa shape index (κ1) is 104. The number of aliphatic imine (C=N–C) groups is 2. The fourth-order valence-corrected chi connectivity index (χ4v) is 21.3. The van der Waals surface area contributed by atoms with Crippen LogP contribution in [-0.4, -0.2) is 147 Å². The summed E-state index contributed by atoms with van der Waals surface area (Å²) in [5, 5.41) is 28.4. The second-order valence-electron chi connectivity index (χ2n) is 42.5. The molecule has 2 aromatic heterocycles. The monoisotopic (exact) mass is 1870 g/mol. The van der Waals surface area contributed by atoms with Crippen molar-refractivity contribution < 1.29 is 52.2 Å². The van der Waals surface area contributed by atoms with Gasteiger partial charge in [0.2, 0.25) is 11.6 Å². The highest BCUT2D eigenvalue weighted by Gasteiger charge is 2.35. The Balaban J connectivity index is 0.000000162. The molecule has 0 radical (unpaired) electrons. The number of rotatable bonds is 27. The summed E-state index contributed by atoms with van der Waals surface area (Å²) < 4.78 is 22.8. The molecule has 0 bridgehead atoms. The first-order valence-corrected chi connectivity index (χ1v) is 51.8. The van der Waals surface area contributed by atoms with E-state index in [0.717, 1.165) is 180 Å². The maximum atomic E-state index is 13.0. The van der Waals surface area contributed by atoms with E-state index in [2.05, 4.69) is 201 Å². The van der Waals surface area contributed by atoms with Crippen molar-refractivity contribution in [1.82, 2.24) is 30.2 Å². The van der Waals surface area contributed by atoms with Crippen LogP contribution in [0.4, 0.5) is 11.4 Å². The van der Waals surface area contributed by atoms with E-state index < -0.39 is 9.84 Å². The van der Waals surface area contributed by atoms with Crippen LogP contribution in [0.2, 0.25) is 0 Å². The number of aliphatic hydroxyl groups excluding tert-OH is 2. The summed E-state index contributed by atoms with van der Waals surface area (Å²) >= 11 is 0. The Labute approximate surface area is 806 Å². The number of imidazole rings is 2. The standard InChI is InChI=1S/C30H40N4O3.C29H38N4O3S.C26H32N2O2.C26H34N2O.CO2/c1-30(2)14-12-22(13-15-30)25-20-23(21-4-7-24(8-5-21)34(16-18-35)17-19-36)6-9-26(25)33-29(37)27-10-11-28(31-3)32-27;1-29(2)15-13-21(14-16-29)24-19-22(20-5-8-23(9-6-20)31-17-18-37(4,35)36)7-10-25(24)33-28(34)26-11-12-27(30-3)32-26;1-17-16-27-25(28-17)24(30)15-21-5-4-20(18-6-8-22(29)9-7-18)14-23(21)19-10-12-26(2,3)13-11-19;1-18-17-27-25(28-18)24(29)16-22-10-9-21(19-7-5-4-6-8-19)15-23(22)20-11-13-26(2,3)14-12-20;2-1-3/h6,9,11-12,20-21,24,35-36H,4-5,7-8,10,13-19H2,1-2H3,(H,33,37);7,10,12-13,19-20,23,31H,5-6,8-9,11,14-18H2,1-2,4H3,(H,33,34);4-5,10,14,16,18H,6-9,11-13,15H2,1-3H3,(H,27,28);9-11,15,17,19H,4-8,12-14,16H2,1-3H3,(H,27,28);. The average Bonchev–Trinajstić information content (AvgIpc) is 0.995. The molecule has 23 nitrogen and oxygen atoms in total. The van der Waals surface area contributed by atoms with E-state index in [1.165, 1.54) is 100 Å². The van der Waals surface area contributed by atoms with E-state index in [1.54, 1.807) is 24.5 Å². The Morgan fingerprint density at radius 3 is 1.20 bits per heavy atom. The van der Waals surface area contributed by atoms with E-state index in [4.69, 9.17) is 22.7 Å².